The molecule has 7 rings (SSSR count). The number of carbonyl (C=O) groups excluding carboxylic acids is 4. The summed E-state index contributed by atoms with van der Waals surface area (Å²) in [5.41, 5.74) is 5.79. The van der Waals surface area contributed by atoms with Gasteiger partial charge in [0.15, 0.2) is 11.5 Å². The van der Waals surface area contributed by atoms with Crippen molar-refractivity contribution in [3.63, 3.8) is 0 Å². The number of Topliss-reactive ketones (excluding diaryl/α,β-unsaturated/α-hetero) is 1. The summed E-state index contributed by atoms with van der Waals surface area (Å²) in [7, 11) is 3.02. The molecule has 14 heteroatoms. The van der Waals surface area contributed by atoms with Crippen LogP contribution in [0.2, 0.25) is 0 Å². The van der Waals surface area contributed by atoms with Crippen LogP contribution in [0.3, 0.4) is 0 Å². The largest absolute Gasteiger partial charge is 0.493 e. The van der Waals surface area contributed by atoms with Crippen LogP contribution in [-0.2, 0) is 14.4 Å². The first-order chi connectivity index (χ1) is 26.7. The summed E-state index contributed by atoms with van der Waals surface area (Å²) in [6.45, 7) is 1.79. The Bertz CT molecular complexity index is 1990. The highest BCUT2D eigenvalue weighted by Gasteiger charge is 2.35. The number of piperidine rings is 2. The van der Waals surface area contributed by atoms with Gasteiger partial charge in [0.05, 0.1) is 26.1 Å². The van der Waals surface area contributed by atoms with Gasteiger partial charge < -0.3 is 34.7 Å². The van der Waals surface area contributed by atoms with Gasteiger partial charge in [0, 0.05) is 66.0 Å². The molecule has 0 aliphatic carbocycles. The molecule has 3 aliphatic rings. The van der Waals surface area contributed by atoms with Crippen molar-refractivity contribution in [1.29, 1.82) is 0 Å². The average Bonchev–Trinajstić information content (AvgIpc) is 3.73. The lowest BCUT2D eigenvalue weighted by Gasteiger charge is -2.31. The van der Waals surface area contributed by atoms with Crippen LogP contribution in [0, 0.1) is 11.8 Å². The highest BCUT2D eigenvalue weighted by molar-refractivity contribution is 9.10. The molecule has 3 heterocycles. The highest BCUT2D eigenvalue weighted by Crippen LogP contribution is 2.31. The van der Waals surface area contributed by atoms with Crippen LogP contribution < -0.4 is 30.7 Å². The van der Waals surface area contributed by atoms with Crippen molar-refractivity contribution in [2.24, 2.45) is 11.8 Å². The molecular weight excluding hydrogens is 768 g/mol. The first-order valence-electron chi connectivity index (χ1n) is 17.9. The zero-order valence-corrected chi connectivity index (χ0v) is 32.2. The van der Waals surface area contributed by atoms with Gasteiger partial charge in [0.2, 0.25) is 5.91 Å². The Morgan fingerprint density at radius 1 is 0.782 bits per heavy atom. The van der Waals surface area contributed by atoms with Gasteiger partial charge in [-0.25, -0.2) is 9.80 Å². The van der Waals surface area contributed by atoms with Gasteiger partial charge in [0.1, 0.15) is 17.5 Å². The topological polar surface area (TPSA) is 142 Å². The second-order valence-electron chi connectivity index (χ2n) is 13.1. The second kappa shape index (κ2) is 18.5. The monoisotopic (exact) mass is 810 g/mol. The Morgan fingerprint density at radius 2 is 1.44 bits per heavy atom. The number of hydrogen-bond donors (Lipinski definition) is 3. The SMILES string of the molecule is COc1ccc(NC(=O)C2CN(C(=O)c3ccccc3)CCC2=O)cc1OC.O=C(Nc1ccc(Br)cc1)N1CCC(C2=CN(c3ccccc3)NO2)CC1. The molecule has 0 bridgehead atoms. The summed E-state index contributed by atoms with van der Waals surface area (Å²) in [6, 6.07) is 31.3. The number of hydrogen-bond acceptors (Lipinski definition) is 9. The molecule has 3 aliphatic heterocycles. The molecule has 4 aromatic rings. The van der Waals surface area contributed by atoms with E-state index in [0.29, 0.717) is 48.3 Å². The fraction of sp³-hybridized carbons (Fsp3) is 0.268. The van der Waals surface area contributed by atoms with Gasteiger partial charge in [-0.2, -0.15) is 0 Å². The van der Waals surface area contributed by atoms with Crippen molar-refractivity contribution in [2.45, 2.75) is 19.3 Å². The zero-order chi connectivity index (χ0) is 38.7. The maximum Gasteiger partial charge on any atom is 0.321 e. The predicted octanol–water partition coefficient (Wildman–Crippen LogP) is 6.86. The van der Waals surface area contributed by atoms with Crippen molar-refractivity contribution in [3.05, 3.63) is 125 Å². The molecule has 0 radical (unpaired) electrons. The summed E-state index contributed by atoms with van der Waals surface area (Å²) in [5.74, 6) is 0.532. The summed E-state index contributed by atoms with van der Waals surface area (Å²) in [6.07, 6.45) is 3.91. The Morgan fingerprint density at radius 3 is 2.11 bits per heavy atom. The predicted molar refractivity (Wildman–Crippen MR) is 212 cm³/mol. The van der Waals surface area contributed by atoms with Crippen LogP contribution >= 0.6 is 15.9 Å². The van der Waals surface area contributed by atoms with E-state index in [2.05, 4.69) is 32.2 Å². The fourth-order valence-corrected chi connectivity index (χ4v) is 6.71. The molecule has 1 atom stereocenters. The van der Waals surface area contributed by atoms with E-state index < -0.39 is 11.8 Å². The van der Waals surface area contributed by atoms with E-state index in [9.17, 15) is 19.2 Å². The Labute approximate surface area is 328 Å². The minimum absolute atomic E-state index is 0.0545. The van der Waals surface area contributed by atoms with E-state index in [0.717, 1.165) is 34.4 Å². The van der Waals surface area contributed by atoms with E-state index in [1.807, 2.05) is 76.8 Å². The third-order valence-electron chi connectivity index (χ3n) is 9.53. The maximum absolute atomic E-state index is 12.7. The van der Waals surface area contributed by atoms with Crippen LogP contribution in [0.1, 0.15) is 29.6 Å². The lowest BCUT2D eigenvalue weighted by atomic mass is 9.94. The van der Waals surface area contributed by atoms with Crippen molar-refractivity contribution >= 4 is 56.6 Å². The molecule has 13 nitrogen and oxygen atoms in total. The zero-order valence-electron chi connectivity index (χ0n) is 30.6. The number of ether oxygens (including phenoxy) is 2. The van der Waals surface area contributed by atoms with Crippen molar-refractivity contribution in [2.75, 3.05) is 56.0 Å². The minimum Gasteiger partial charge on any atom is -0.493 e. The smallest absolute Gasteiger partial charge is 0.321 e. The van der Waals surface area contributed by atoms with Crippen molar-refractivity contribution < 1.29 is 33.5 Å². The minimum atomic E-state index is -0.908. The summed E-state index contributed by atoms with van der Waals surface area (Å²) < 4.78 is 11.4. The number of anilines is 3. The van der Waals surface area contributed by atoms with Gasteiger partial charge in [-0.3, -0.25) is 14.4 Å². The number of methoxy groups -OCH3 is 2. The Hall–Kier alpha value is -5.86. The molecule has 1 unspecified atom stereocenters. The van der Waals surface area contributed by atoms with Crippen LogP contribution in [0.25, 0.3) is 0 Å². The standard InChI is InChI=1S/C21H22N2O5.C20H21BrN4O2/c1-27-18-9-8-15(12-19(18)28-2)22-20(25)16-13-23(11-10-17(16)24)21(26)14-6-4-3-5-7-14;21-16-6-8-17(9-7-16)22-20(26)24-12-10-15(11-13-24)19-14-25(23-27-19)18-4-2-1-3-5-18/h3-9,12,16H,10-11,13H2,1-2H3,(H,22,25);1-9,14-15,23H,10-13H2,(H,22,26). The number of nitrogens with zero attached hydrogens (tertiary/aromatic N) is 3. The number of likely N-dealkylation sites (tertiary alicyclic amines) is 2. The van der Waals surface area contributed by atoms with Crippen LogP contribution in [-0.4, -0.2) is 73.8 Å². The van der Waals surface area contributed by atoms with Crippen LogP contribution in [0.15, 0.2) is 120 Å². The van der Waals surface area contributed by atoms with Crippen LogP contribution in [0.4, 0.5) is 21.9 Å². The van der Waals surface area contributed by atoms with Gasteiger partial charge in [-0.15, -0.1) is 0 Å². The van der Waals surface area contributed by atoms with Crippen molar-refractivity contribution in [3.8, 4) is 11.5 Å². The number of allylic oxidation sites excluding steroid dienone is 1. The molecule has 2 saturated heterocycles. The molecule has 0 spiro atoms. The summed E-state index contributed by atoms with van der Waals surface area (Å²) in [4.78, 5) is 59.2. The second-order valence-corrected chi connectivity index (χ2v) is 14.0. The van der Waals surface area contributed by atoms with Gasteiger partial charge in [-0.05, 0) is 73.5 Å². The number of para-hydroxylation sites is 1. The van der Waals surface area contributed by atoms with E-state index >= 15 is 0 Å². The number of hydrazine groups is 1. The molecule has 3 N–H and O–H groups in total. The molecule has 286 valence electrons. The lowest BCUT2D eigenvalue weighted by Crippen LogP contribution is -2.48. The normalized spacial score (nSPS) is 16.9. The molecule has 0 saturated carbocycles. The maximum atomic E-state index is 12.7. The summed E-state index contributed by atoms with van der Waals surface area (Å²) in [5, 5.41) is 7.56. The number of nitrogens with one attached hydrogen (secondary N) is 3. The van der Waals surface area contributed by atoms with Crippen LogP contribution in [0.5, 0.6) is 11.5 Å². The Balaban J connectivity index is 0.000000187. The van der Waals surface area contributed by atoms with Gasteiger partial charge in [-0.1, -0.05) is 57.9 Å². The Kier molecular flexibility index (Phi) is 13.0. The van der Waals surface area contributed by atoms with E-state index in [1.165, 1.54) is 14.2 Å². The molecule has 4 aromatic carbocycles. The lowest BCUT2D eigenvalue weighted by molar-refractivity contribution is -0.133. The molecule has 2 fully saturated rings. The first kappa shape index (κ1) is 38.9. The van der Waals surface area contributed by atoms with E-state index in [4.69, 9.17) is 14.3 Å². The number of benzene rings is 4. The first-order valence-corrected chi connectivity index (χ1v) is 18.7. The van der Waals surface area contributed by atoms with E-state index in [1.54, 1.807) is 47.4 Å². The number of amides is 4. The van der Waals surface area contributed by atoms with E-state index in [-0.39, 0.29) is 30.7 Å². The van der Waals surface area contributed by atoms with Gasteiger partial charge in [0.25, 0.3) is 5.91 Å². The van der Waals surface area contributed by atoms with Gasteiger partial charge >= 0.3 is 6.03 Å². The van der Waals surface area contributed by atoms with Crippen molar-refractivity contribution in [1.82, 2.24) is 15.4 Å². The average molecular weight is 812 g/mol. The summed E-state index contributed by atoms with van der Waals surface area (Å²) >= 11 is 3.40. The third kappa shape index (κ3) is 10.0. The number of halogens is 1. The molecule has 0 aromatic heterocycles. The molecule has 55 heavy (non-hydrogen) atoms. The highest BCUT2D eigenvalue weighted by atomic mass is 79.9. The number of urea groups is 1. The molecule has 4 amide bonds. The number of carbonyl (C=O) groups is 4. The molecular formula is C41H43BrN6O7. The number of rotatable bonds is 8. The quantitative estimate of drug-likeness (QED) is 0.163. The fourth-order valence-electron chi connectivity index (χ4n) is 6.44. The number of ketones is 1. The third-order valence-corrected chi connectivity index (χ3v) is 10.1.